The second-order valence-corrected chi connectivity index (χ2v) is 7.04. The highest BCUT2D eigenvalue weighted by Gasteiger charge is 2.20. The first-order valence-corrected chi connectivity index (χ1v) is 8.01. The number of rotatable bonds is 5. The highest BCUT2D eigenvalue weighted by Crippen LogP contribution is 2.25. The molecule has 0 fully saturated rings. The first-order chi connectivity index (χ1) is 8.27. The third kappa shape index (κ3) is 3.78. The van der Waals surface area contributed by atoms with E-state index in [0.29, 0.717) is 11.4 Å². The molecule has 1 aromatic rings. The average molecular weight is 335 g/mol. The van der Waals surface area contributed by atoms with Gasteiger partial charge in [0.25, 0.3) is 0 Å². The van der Waals surface area contributed by atoms with Crippen LogP contribution in [0.2, 0.25) is 0 Å². The smallest absolute Gasteiger partial charge is 0.241 e. The lowest BCUT2D eigenvalue weighted by atomic mass is 10.1. The zero-order chi connectivity index (χ0) is 13.9. The lowest BCUT2D eigenvalue weighted by Crippen LogP contribution is -2.31. The summed E-state index contributed by atoms with van der Waals surface area (Å²) >= 11 is 3.41. The maximum Gasteiger partial charge on any atom is 0.241 e. The molecular weight excluding hydrogens is 316 g/mol. The highest BCUT2D eigenvalue weighted by molar-refractivity contribution is 9.10. The molecule has 4 nitrogen and oxygen atoms in total. The molecule has 0 aliphatic heterocycles. The van der Waals surface area contributed by atoms with Gasteiger partial charge in [-0.25, -0.2) is 13.1 Å². The van der Waals surface area contributed by atoms with Gasteiger partial charge in [-0.15, -0.1) is 0 Å². The summed E-state index contributed by atoms with van der Waals surface area (Å²) in [5, 5.41) is 3.01. The van der Waals surface area contributed by atoms with Gasteiger partial charge >= 0.3 is 0 Å². The molecule has 0 heterocycles. The Kier molecular flexibility index (Phi) is 5.33. The Hall–Kier alpha value is -0.430. The van der Waals surface area contributed by atoms with Gasteiger partial charge in [-0.2, -0.15) is 0 Å². The molecule has 0 spiro atoms. The fourth-order valence-electron chi connectivity index (χ4n) is 1.67. The van der Waals surface area contributed by atoms with Gasteiger partial charge in [0.05, 0.1) is 4.90 Å². The van der Waals surface area contributed by atoms with Crippen LogP contribution in [0, 0.1) is 6.92 Å². The van der Waals surface area contributed by atoms with Crippen LogP contribution < -0.4 is 10.0 Å². The monoisotopic (exact) mass is 334 g/mol. The van der Waals surface area contributed by atoms with Crippen molar-refractivity contribution in [2.75, 3.05) is 7.05 Å². The Bertz CT molecular complexity index is 527. The van der Waals surface area contributed by atoms with E-state index in [1.807, 2.05) is 13.1 Å². The van der Waals surface area contributed by atoms with Crippen LogP contribution in [0.3, 0.4) is 0 Å². The molecule has 0 amide bonds. The topological polar surface area (TPSA) is 58.2 Å². The van der Waals surface area contributed by atoms with Gasteiger partial charge in [0.15, 0.2) is 0 Å². The predicted octanol–water partition coefficient (Wildman–Crippen LogP) is 2.16. The van der Waals surface area contributed by atoms with E-state index in [1.54, 1.807) is 26.8 Å². The molecule has 0 saturated carbocycles. The van der Waals surface area contributed by atoms with Crippen LogP contribution in [0.5, 0.6) is 0 Å². The van der Waals surface area contributed by atoms with Gasteiger partial charge in [-0.1, -0.05) is 15.9 Å². The summed E-state index contributed by atoms with van der Waals surface area (Å²) in [6.07, 6.45) is 0. The van der Waals surface area contributed by atoms with Crippen molar-refractivity contribution in [1.29, 1.82) is 0 Å². The SMILES string of the molecule is CNCc1cc(Br)c(C)c(S(=O)(=O)NC(C)C)c1. The number of sulfonamides is 1. The van der Waals surface area contributed by atoms with Crippen molar-refractivity contribution in [1.82, 2.24) is 10.0 Å². The second-order valence-electron chi connectivity index (χ2n) is 4.51. The van der Waals surface area contributed by atoms with Gasteiger partial charge < -0.3 is 5.32 Å². The van der Waals surface area contributed by atoms with E-state index in [2.05, 4.69) is 26.0 Å². The van der Waals surface area contributed by atoms with E-state index in [0.717, 1.165) is 15.6 Å². The molecule has 0 aromatic heterocycles. The number of benzene rings is 1. The molecule has 0 radical (unpaired) electrons. The lowest BCUT2D eigenvalue weighted by molar-refractivity contribution is 0.569. The Morgan fingerprint density at radius 1 is 1.33 bits per heavy atom. The molecular formula is C12H19BrN2O2S. The molecule has 0 unspecified atom stereocenters. The van der Waals surface area contributed by atoms with Crippen LogP contribution in [-0.4, -0.2) is 21.5 Å². The molecule has 0 saturated heterocycles. The van der Waals surface area contributed by atoms with Crippen molar-refractivity contribution < 1.29 is 8.42 Å². The minimum atomic E-state index is -3.46. The fourth-order valence-corrected chi connectivity index (χ4v) is 3.87. The molecule has 0 atom stereocenters. The van der Waals surface area contributed by atoms with Crippen molar-refractivity contribution in [3.8, 4) is 0 Å². The summed E-state index contributed by atoms with van der Waals surface area (Å²) in [5.41, 5.74) is 1.65. The molecule has 6 heteroatoms. The van der Waals surface area contributed by atoms with Crippen LogP contribution in [-0.2, 0) is 16.6 Å². The van der Waals surface area contributed by atoms with Gasteiger partial charge in [-0.3, -0.25) is 0 Å². The summed E-state index contributed by atoms with van der Waals surface area (Å²) in [6, 6.07) is 3.52. The van der Waals surface area contributed by atoms with Crippen molar-refractivity contribution >= 4 is 26.0 Å². The molecule has 0 aliphatic carbocycles. The Balaban J connectivity index is 3.30. The van der Waals surface area contributed by atoms with Crippen LogP contribution in [0.25, 0.3) is 0 Å². The summed E-state index contributed by atoms with van der Waals surface area (Å²) in [5.74, 6) is 0. The summed E-state index contributed by atoms with van der Waals surface area (Å²) in [6.45, 7) is 6.03. The average Bonchev–Trinajstić information content (AvgIpc) is 2.21. The zero-order valence-corrected chi connectivity index (χ0v) is 13.4. The molecule has 2 N–H and O–H groups in total. The van der Waals surface area contributed by atoms with E-state index in [-0.39, 0.29) is 6.04 Å². The van der Waals surface area contributed by atoms with Crippen LogP contribution in [0.4, 0.5) is 0 Å². The molecule has 0 aliphatic rings. The highest BCUT2D eigenvalue weighted by atomic mass is 79.9. The summed E-state index contributed by atoms with van der Waals surface area (Å²) in [7, 11) is -1.63. The summed E-state index contributed by atoms with van der Waals surface area (Å²) < 4.78 is 27.8. The van der Waals surface area contributed by atoms with Crippen LogP contribution >= 0.6 is 15.9 Å². The van der Waals surface area contributed by atoms with E-state index in [9.17, 15) is 8.42 Å². The minimum Gasteiger partial charge on any atom is -0.316 e. The largest absolute Gasteiger partial charge is 0.316 e. The van der Waals surface area contributed by atoms with Gasteiger partial charge in [-0.05, 0) is 51.1 Å². The van der Waals surface area contributed by atoms with E-state index in [1.165, 1.54) is 0 Å². The quantitative estimate of drug-likeness (QED) is 0.867. The van der Waals surface area contributed by atoms with E-state index >= 15 is 0 Å². The third-order valence-electron chi connectivity index (χ3n) is 2.42. The van der Waals surface area contributed by atoms with Gasteiger partial charge in [0, 0.05) is 17.1 Å². The third-order valence-corrected chi connectivity index (χ3v) is 5.03. The normalized spacial score (nSPS) is 12.1. The van der Waals surface area contributed by atoms with Crippen molar-refractivity contribution in [3.63, 3.8) is 0 Å². The maximum atomic E-state index is 12.2. The Morgan fingerprint density at radius 2 is 1.94 bits per heavy atom. The van der Waals surface area contributed by atoms with Crippen molar-refractivity contribution in [3.05, 3.63) is 27.7 Å². The van der Waals surface area contributed by atoms with Crippen molar-refractivity contribution in [2.45, 2.75) is 38.3 Å². The van der Waals surface area contributed by atoms with Crippen molar-refractivity contribution in [2.24, 2.45) is 0 Å². The number of nitrogens with one attached hydrogen (secondary N) is 2. The maximum absolute atomic E-state index is 12.2. The predicted molar refractivity (Wildman–Crippen MR) is 77.1 cm³/mol. The first-order valence-electron chi connectivity index (χ1n) is 5.74. The number of hydrogen-bond donors (Lipinski definition) is 2. The Morgan fingerprint density at radius 3 is 2.44 bits per heavy atom. The lowest BCUT2D eigenvalue weighted by Gasteiger charge is -2.14. The molecule has 0 bridgehead atoms. The van der Waals surface area contributed by atoms with Gasteiger partial charge in [0.1, 0.15) is 0 Å². The van der Waals surface area contributed by atoms with Gasteiger partial charge in [0.2, 0.25) is 10.0 Å². The van der Waals surface area contributed by atoms with Crippen LogP contribution in [0.15, 0.2) is 21.5 Å². The molecule has 1 rings (SSSR count). The standard InChI is InChI=1S/C12H19BrN2O2S/c1-8(2)15-18(16,17)12-6-10(7-14-4)5-11(13)9(12)3/h5-6,8,14-15H,7H2,1-4H3. The molecule has 102 valence electrons. The van der Waals surface area contributed by atoms with E-state index < -0.39 is 10.0 Å². The van der Waals surface area contributed by atoms with E-state index in [4.69, 9.17) is 0 Å². The fraction of sp³-hybridized carbons (Fsp3) is 0.500. The summed E-state index contributed by atoms with van der Waals surface area (Å²) in [4.78, 5) is 0.329. The number of hydrogen-bond acceptors (Lipinski definition) is 3. The minimum absolute atomic E-state index is 0.124. The Labute approximate surface area is 117 Å². The number of halogens is 1. The zero-order valence-electron chi connectivity index (χ0n) is 11.0. The molecule has 1 aromatic carbocycles. The molecule has 18 heavy (non-hydrogen) atoms. The first kappa shape index (κ1) is 15.6. The van der Waals surface area contributed by atoms with Crippen LogP contribution in [0.1, 0.15) is 25.0 Å². The second kappa shape index (κ2) is 6.14.